The molecule has 3 rings (SSSR count). The molecular weight excluding hydrogens is 526 g/mol. The minimum absolute atomic E-state index is 0.0383. The molecule has 0 saturated heterocycles. The van der Waals surface area contributed by atoms with Gasteiger partial charge in [-0.15, -0.1) is 0 Å². The van der Waals surface area contributed by atoms with Crippen LogP contribution in [-0.2, 0) is 31.7 Å². The van der Waals surface area contributed by atoms with Gasteiger partial charge in [0.2, 0.25) is 0 Å². The molecule has 0 amide bonds. The molecule has 8 nitrogen and oxygen atoms in total. The van der Waals surface area contributed by atoms with Gasteiger partial charge >= 0.3 is 16.3 Å². The summed E-state index contributed by atoms with van der Waals surface area (Å²) in [6, 6.07) is 10.3. The average molecular weight is 564 g/mol. The largest absolute Gasteiger partial charge is 0.511 e. The highest BCUT2D eigenvalue weighted by atomic mass is 32.2. The van der Waals surface area contributed by atoms with E-state index < -0.39 is 27.3 Å². The Kier molecular flexibility index (Phi) is 9.11. The molecule has 0 aromatic heterocycles. The Labute approximate surface area is 229 Å². The number of benzene rings is 2. The van der Waals surface area contributed by atoms with E-state index >= 15 is 0 Å². The van der Waals surface area contributed by atoms with E-state index in [4.69, 9.17) is 8.92 Å². The predicted molar refractivity (Wildman–Crippen MR) is 149 cm³/mol. The van der Waals surface area contributed by atoms with Crippen molar-refractivity contribution >= 4 is 28.0 Å². The van der Waals surface area contributed by atoms with Crippen molar-refractivity contribution in [2.45, 2.75) is 83.1 Å². The van der Waals surface area contributed by atoms with Crippen LogP contribution in [-0.4, -0.2) is 36.7 Å². The number of nitrogens with one attached hydrogen (secondary N) is 1. The Morgan fingerprint density at radius 2 is 1.82 bits per heavy atom. The van der Waals surface area contributed by atoms with E-state index in [0.29, 0.717) is 29.7 Å². The van der Waals surface area contributed by atoms with E-state index in [9.17, 15) is 23.4 Å². The zero-order valence-corrected chi connectivity index (χ0v) is 24.4. The summed E-state index contributed by atoms with van der Waals surface area (Å²) in [5.41, 5.74) is 1.04. The third-order valence-electron chi connectivity index (χ3n) is 6.23. The summed E-state index contributed by atoms with van der Waals surface area (Å²) in [5, 5.41) is 20.4. The zero-order chi connectivity index (χ0) is 28.3. The zero-order valence-electron chi connectivity index (χ0n) is 22.8. The molecule has 0 bridgehead atoms. The fourth-order valence-electron chi connectivity index (χ4n) is 4.08. The van der Waals surface area contributed by atoms with Crippen LogP contribution in [0.3, 0.4) is 0 Å². The van der Waals surface area contributed by atoms with Crippen LogP contribution in [0.4, 0.5) is 0 Å². The third-order valence-corrected chi connectivity index (χ3v) is 8.35. The van der Waals surface area contributed by atoms with E-state index in [1.54, 1.807) is 38.1 Å². The predicted octanol–water partition coefficient (Wildman–Crippen LogP) is 5.82. The smallest absolute Gasteiger partial charge is 0.382 e. The second kappa shape index (κ2) is 11.6. The lowest BCUT2D eigenvalue weighted by atomic mass is 9.86. The van der Waals surface area contributed by atoms with E-state index in [1.807, 2.05) is 39.8 Å². The number of ether oxygens (including phenoxy) is 1. The second-order valence-electron chi connectivity index (χ2n) is 10.9. The van der Waals surface area contributed by atoms with Gasteiger partial charge in [0.25, 0.3) is 0 Å². The molecule has 0 fully saturated rings. The van der Waals surface area contributed by atoms with Crippen molar-refractivity contribution in [3.05, 3.63) is 63.8 Å². The van der Waals surface area contributed by atoms with Crippen LogP contribution in [0.25, 0.3) is 0 Å². The molecule has 208 valence electrons. The molecule has 38 heavy (non-hydrogen) atoms. The normalized spacial score (nSPS) is 18.4. The van der Waals surface area contributed by atoms with E-state index in [2.05, 4.69) is 4.72 Å². The highest BCUT2D eigenvalue weighted by Crippen LogP contribution is 2.44. The molecule has 0 saturated carbocycles. The molecule has 2 aromatic rings. The van der Waals surface area contributed by atoms with Crippen LogP contribution >= 0.6 is 11.8 Å². The minimum Gasteiger partial charge on any atom is -0.511 e. The summed E-state index contributed by atoms with van der Waals surface area (Å²) in [7, 11) is -3.97. The first-order valence-electron chi connectivity index (χ1n) is 12.6. The highest BCUT2D eigenvalue weighted by Gasteiger charge is 2.39. The van der Waals surface area contributed by atoms with Gasteiger partial charge in [0.05, 0.1) is 0 Å². The van der Waals surface area contributed by atoms with Crippen LogP contribution in [0.5, 0.6) is 11.5 Å². The van der Waals surface area contributed by atoms with Crippen LogP contribution in [0.15, 0.2) is 52.0 Å². The second-order valence-corrected chi connectivity index (χ2v) is 13.3. The standard InChI is InChI=1S/C28H37NO7S2/c1-7-14-29-38(33,34)36-23-16-21(27(3,4)5)24(15-18(23)2)37-25-22(31)17-28(6,35-26(25)32)13-12-19-8-10-20(30)11-9-19/h8-11,15-16,29-31H,7,12-14,17H2,1-6H3. The van der Waals surface area contributed by atoms with Gasteiger partial charge in [-0.25, -0.2) is 4.79 Å². The lowest BCUT2D eigenvalue weighted by Crippen LogP contribution is -2.37. The number of hydrogen-bond donors (Lipinski definition) is 3. The maximum absolute atomic E-state index is 13.1. The number of aromatic hydroxyl groups is 1. The number of hydrogen-bond acceptors (Lipinski definition) is 8. The number of aryl methyl sites for hydroxylation is 2. The number of phenols is 1. The average Bonchev–Trinajstić information content (AvgIpc) is 2.80. The van der Waals surface area contributed by atoms with Gasteiger partial charge in [0.15, 0.2) is 0 Å². The van der Waals surface area contributed by atoms with Gasteiger partial charge in [0.1, 0.15) is 27.8 Å². The number of carbonyl (C=O) groups excluding carboxylic acids is 1. The molecule has 1 unspecified atom stereocenters. The van der Waals surface area contributed by atoms with Gasteiger partial charge in [-0.3, -0.25) is 0 Å². The van der Waals surface area contributed by atoms with Crippen molar-refractivity contribution in [2.75, 3.05) is 6.54 Å². The number of aliphatic hydroxyl groups is 1. The van der Waals surface area contributed by atoms with Crippen molar-refractivity contribution in [2.24, 2.45) is 0 Å². The molecule has 1 heterocycles. The Hall–Kier alpha value is -2.69. The number of esters is 1. The van der Waals surface area contributed by atoms with Gasteiger partial charge in [-0.05, 0) is 79.5 Å². The van der Waals surface area contributed by atoms with E-state index in [-0.39, 0.29) is 35.1 Å². The first-order chi connectivity index (χ1) is 17.6. The SMILES string of the molecule is CCCNS(=O)(=O)Oc1cc(C(C)(C)C)c(SC2=C(O)CC(C)(CCc3ccc(O)cc3)OC2=O)cc1C. The molecule has 1 aliphatic heterocycles. The number of carbonyl (C=O) groups is 1. The molecule has 0 spiro atoms. The van der Waals surface area contributed by atoms with Crippen molar-refractivity contribution < 1.29 is 32.3 Å². The Balaban J connectivity index is 1.85. The molecule has 0 radical (unpaired) electrons. The van der Waals surface area contributed by atoms with Gasteiger partial charge in [-0.2, -0.15) is 13.1 Å². The van der Waals surface area contributed by atoms with Crippen molar-refractivity contribution in [3.63, 3.8) is 0 Å². The lowest BCUT2D eigenvalue weighted by molar-refractivity contribution is -0.156. The number of aliphatic hydroxyl groups excluding tert-OH is 1. The Morgan fingerprint density at radius 3 is 2.39 bits per heavy atom. The topological polar surface area (TPSA) is 122 Å². The van der Waals surface area contributed by atoms with E-state index in [0.717, 1.165) is 22.9 Å². The molecule has 1 atom stereocenters. The summed E-state index contributed by atoms with van der Waals surface area (Å²) < 4.78 is 38.2. The number of cyclic esters (lactones) is 1. The third kappa shape index (κ3) is 7.68. The molecule has 1 aliphatic rings. The molecule has 3 N–H and O–H groups in total. The van der Waals surface area contributed by atoms with E-state index in [1.165, 1.54) is 0 Å². The fourth-order valence-corrected chi connectivity index (χ4v) is 6.25. The molecule has 0 aliphatic carbocycles. The summed E-state index contributed by atoms with van der Waals surface area (Å²) in [4.78, 5) is 13.9. The molecule has 2 aromatic carbocycles. The summed E-state index contributed by atoms with van der Waals surface area (Å²) in [6.45, 7) is 11.6. The van der Waals surface area contributed by atoms with Gasteiger partial charge < -0.3 is 19.1 Å². The molecule has 10 heteroatoms. The van der Waals surface area contributed by atoms with Crippen molar-refractivity contribution in [3.8, 4) is 11.5 Å². The van der Waals surface area contributed by atoms with Crippen molar-refractivity contribution in [1.29, 1.82) is 0 Å². The quantitative estimate of drug-likeness (QED) is 0.309. The number of thioether (sulfide) groups is 1. The van der Waals surface area contributed by atoms with Crippen LogP contribution in [0.2, 0.25) is 0 Å². The summed E-state index contributed by atoms with van der Waals surface area (Å²) in [5.74, 6) is -0.251. The lowest BCUT2D eigenvalue weighted by Gasteiger charge is -2.34. The highest BCUT2D eigenvalue weighted by molar-refractivity contribution is 8.04. The maximum atomic E-state index is 13.1. The first kappa shape index (κ1) is 29.9. The monoisotopic (exact) mass is 563 g/mol. The first-order valence-corrected chi connectivity index (χ1v) is 14.8. The molecular formula is C28H37NO7S2. The number of phenolic OH excluding ortho intramolecular Hbond substituents is 1. The van der Waals surface area contributed by atoms with Crippen LogP contribution in [0.1, 0.15) is 70.6 Å². The Morgan fingerprint density at radius 1 is 1.16 bits per heavy atom. The fraction of sp³-hybridized carbons (Fsp3) is 0.464. The van der Waals surface area contributed by atoms with Crippen LogP contribution in [0, 0.1) is 6.92 Å². The maximum Gasteiger partial charge on any atom is 0.382 e. The van der Waals surface area contributed by atoms with Gasteiger partial charge in [0, 0.05) is 17.9 Å². The van der Waals surface area contributed by atoms with Crippen LogP contribution < -0.4 is 8.91 Å². The summed E-state index contributed by atoms with van der Waals surface area (Å²) >= 11 is 1.11. The minimum atomic E-state index is -3.97. The Bertz CT molecular complexity index is 1310. The summed E-state index contributed by atoms with van der Waals surface area (Å²) in [6.07, 6.45) is 1.93. The number of rotatable bonds is 10. The van der Waals surface area contributed by atoms with Gasteiger partial charge in [-0.1, -0.05) is 51.6 Å². The van der Waals surface area contributed by atoms with Crippen molar-refractivity contribution in [1.82, 2.24) is 4.72 Å².